The van der Waals surface area contributed by atoms with E-state index in [1.54, 1.807) is 0 Å². The Labute approximate surface area is 415 Å². The second kappa shape index (κ2) is 21.9. The van der Waals surface area contributed by atoms with Gasteiger partial charge < -0.3 is 12.8 Å². The normalized spacial score (nSPS) is 12.8. The first-order valence-electron chi connectivity index (χ1n) is 21.5. The molecule has 8 aromatic rings. The summed E-state index contributed by atoms with van der Waals surface area (Å²) in [5.41, 5.74) is 12.3. The van der Waals surface area contributed by atoms with Crippen LogP contribution in [0.2, 0.25) is 0 Å². The second-order valence-electron chi connectivity index (χ2n) is 17.0. The van der Waals surface area contributed by atoms with Crippen molar-refractivity contribution < 1.29 is 44.8 Å². The third-order valence-corrected chi connectivity index (χ3v) is 18.7. The zero-order valence-electron chi connectivity index (χ0n) is 36.6. The van der Waals surface area contributed by atoms with Gasteiger partial charge in [-0.3, -0.25) is 11.8 Å². The molecule has 0 heterocycles. The van der Waals surface area contributed by atoms with Crippen LogP contribution < -0.4 is 21.2 Å². The molecule has 0 bridgehead atoms. The third kappa shape index (κ3) is 10.3. The van der Waals surface area contributed by atoms with Crippen molar-refractivity contribution in [2.24, 2.45) is 0 Å². The fourth-order valence-corrected chi connectivity index (χ4v) is 15.5. The molecule has 2 aliphatic rings. The quantitative estimate of drug-likeness (QED) is 0.0646. The summed E-state index contributed by atoms with van der Waals surface area (Å²) < 4.78 is 0. The van der Waals surface area contributed by atoms with Crippen LogP contribution in [0.25, 0.3) is 22.3 Å². The maximum absolute atomic E-state index is 7.25. The number of hydrogen-bond donors (Lipinski definition) is 0. The smallest absolute Gasteiger partial charge is 0.366 e. The molecule has 0 amide bonds. The van der Waals surface area contributed by atoms with Crippen LogP contribution in [0.1, 0.15) is 61.1 Å². The molecule has 64 heavy (non-hydrogen) atoms. The van der Waals surface area contributed by atoms with Crippen molar-refractivity contribution in [3.63, 3.8) is 0 Å². The zero-order valence-corrected chi connectivity index (χ0v) is 43.0. The molecule has 322 valence electrons. The van der Waals surface area contributed by atoms with E-state index in [-0.39, 0.29) is 55.6 Å². The van der Waals surface area contributed by atoms with E-state index in [9.17, 15) is 0 Å². The van der Waals surface area contributed by atoms with Gasteiger partial charge in [-0.2, -0.15) is 0 Å². The first-order chi connectivity index (χ1) is 30.2. The maximum Gasteiger partial charge on any atom is 1.00 e. The van der Waals surface area contributed by atoms with E-state index in [0.717, 1.165) is 11.1 Å². The van der Waals surface area contributed by atoms with Crippen molar-refractivity contribution >= 4 is 37.1 Å². The number of fused-ring (bicyclic) bond motifs is 6. The Hall–Kier alpha value is -4.78. The van der Waals surface area contributed by atoms with E-state index in [4.69, 9.17) is 12.8 Å². The molecule has 4 heteroatoms. The molecular formula is C60H52Au2P2+2. The fourth-order valence-electron chi connectivity index (χ4n) is 9.28. The maximum atomic E-state index is 7.25. The van der Waals surface area contributed by atoms with Crippen LogP contribution in [-0.4, -0.2) is 12.3 Å². The van der Waals surface area contributed by atoms with Crippen molar-refractivity contribution in [2.45, 2.75) is 38.5 Å². The van der Waals surface area contributed by atoms with Crippen LogP contribution in [0.3, 0.4) is 0 Å². The van der Waals surface area contributed by atoms with Crippen LogP contribution >= 0.6 is 15.8 Å². The zero-order chi connectivity index (χ0) is 43.1. The van der Waals surface area contributed by atoms with Gasteiger partial charge in [-0.05, 0) is 93.0 Å². The van der Waals surface area contributed by atoms with Crippen molar-refractivity contribution in [1.29, 1.82) is 0 Å². The molecule has 0 aliphatic heterocycles. The molecule has 0 saturated carbocycles. The molecule has 8 aromatic carbocycles. The summed E-state index contributed by atoms with van der Waals surface area (Å²) in [5, 5.41) is 6.06. The topological polar surface area (TPSA) is 0 Å². The van der Waals surface area contributed by atoms with Gasteiger partial charge in [-0.25, -0.2) is 0 Å². The van der Waals surface area contributed by atoms with Gasteiger partial charge in [-0.1, -0.05) is 161 Å². The van der Waals surface area contributed by atoms with E-state index in [0.29, 0.717) is 0 Å². The molecule has 0 N–H and O–H groups in total. The molecule has 0 unspecified atom stereocenters. The minimum absolute atomic E-state index is 0. The standard InChI is InChI=1S/C26H24P2.2C17H13.2Au/c1-5-13-23(14-6-1)27(24-15-7-2-8-16-24)21-22-28(25-17-9-3-10-18-25)26-19-11-4-12-20-26;2*1-4-12-9-10-14-13-7-5-6-8-15(13)17(2,3)16(14)11-12;;/h1-20H,21-22H2;2*5-11H,2-3H3;;/q;2*-1;2*+1/p+2. The second-order valence-corrected chi connectivity index (χ2v) is 22.3. The van der Waals surface area contributed by atoms with Crippen LogP contribution in [0, 0.1) is 24.7 Å². The van der Waals surface area contributed by atoms with E-state index in [1.807, 2.05) is 12.1 Å². The predicted molar refractivity (Wildman–Crippen MR) is 271 cm³/mol. The molecule has 0 fully saturated rings. The van der Waals surface area contributed by atoms with Gasteiger partial charge in [0.15, 0.2) is 0 Å². The van der Waals surface area contributed by atoms with Gasteiger partial charge in [0.2, 0.25) is 0 Å². The number of benzene rings is 8. The van der Waals surface area contributed by atoms with Crippen LogP contribution in [0.4, 0.5) is 0 Å². The van der Waals surface area contributed by atoms with Gasteiger partial charge in [0, 0.05) is 10.8 Å². The molecule has 0 aromatic heterocycles. The molecule has 0 atom stereocenters. The largest absolute Gasteiger partial charge is 1.00 e. The Morgan fingerprint density at radius 1 is 0.344 bits per heavy atom. The number of rotatable bonds is 7. The van der Waals surface area contributed by atoms with Gasteiger partial charge in [0.05, 0.1) is 37.1 Å². The molecule has 10 rings (SSSR count). The van der Waals surface area contributed by atoms with Crippen molar-refractivity contribution in [3.8, 4) is 34.1 Å². The summed E-state index contributed by atoms with van der Waals surface area (Å²) in [6.07, 6.45) is 17.0. The summed E-state index contributed by atoms with van der Waals surface area (Å²) in [4.78, 5) is 0. The van der Waals surface area contributed by atoms with Gasteiger partial charge >= 0.3 is 44.8 Å². The first kappa shape index (κ1) is 48.7. The van der Waals surface area contributed by atoms with Gasteiger partial charge in [0.25, 0.3) is 0 Å². The fraction of sp³-hybridized carbons (Fsp3) is 0.133. The Balaban J connectivity index is 0.000000165. The van der Waals surface area contributed by atoms with E-state index >= 15 is 0 Å². The Bertz CT molecular complexity index is 2590. The predicted octanol–water partition coefficient (Wildman–Crippen LogP) is 12.6. The molecule has 2 aliphatic carbocycles. The average molecular weight is 1230 g/mol. The van der Waals surface area contributed by atoms with Crippen LogP contribution in [0.15, 0.2) is 206 Å². The Morgan fingerprint density at radius 3 is 0.906 bits per heavy atom. The van der Waals surface area contributed by atoms with E-state index < -0.39 is 15.8 Å². The molecular weight excluding hydrogens is 1180 g/mol. The van der Waals surface area contributed by atoms with Crippen molar-refractivity contribution in [1.82, 2.24) is 0 Å². The monoisotopic (exact) mass is 1230 g/mol. The Morgan fingerprint density at radius 2 is 0.609 bits per heavy atom. The molecule has 0 spiro atoms. The molecule has 0 radical (unpaired) electrons. The first-order valence-corrected chi connectivity index (χ1v) is 24.9. The summed E-state index contributed by atoms with van der Waals surface area (Å²) in [7, 11) is -1.57. The summed E-state index contributed by atoms with van der Waals surface area (Å²) >= 11 is 0. The molecule has 0 nitrogen and oxygen atoms in total. The minimum atomic E-state index is -0.783. The van der Waals surface area contributed by atoms with E-state index in [2.05, 4.69) is 234 Å². The van der Waals surface area contributed by atoms with Crippen LogP contribution in [-0.2, 0) is 55.6 Å². The van der Waals surface area contributed by atoms with Crippen molar-refractivity contribution in [3.05, 3.63) is 252 Å². The summed E-state index contributed by atoms with van der Waals surface area (Å²) in [5.74, 6) is 4.94. The van der Waals surface area contributed by atoms with Gasteiger partial charge in [-0.15, -0.1) is 35.4 Å². The van der Waals surface area contributed by atoms with Crippen LogP contribution in [0.5, 0.6) is 0 Å². The minimum Gasteiger partial charge on any atom is -0.366 e. The SMILES string of the molecule is [Au+].[Au+].[C-]#Cc1ccc2c(c1)C(C)(C)c1ccccc1-2.[C-]#Cc1ccc2c(c1)C(C)(C)c1ccccc1-2.c1ccc([PH+](CC[PH+](c2ccccc2)c2ccccc2)c2ccccc2)cc1. The molecule has 0 saturated heterocycles. The van der Waals surface area contributed by atoms with Gasteiger partial charge in [0.1, 0.15) is 12.3 Å². The summed E-state index contributed by atoms with van der Waals surface area (Å²) in [6.45, 7) is 8.97. The third-order valence-electron chi connectivity index (χ3n) is 12.6. The van der Waals surface area contributed by atoms with Crippen molar-refractivity contribution in [2.75, 3.05) is 12.3 Å². The summed E-state index contributed by atoms with van der Waals surface area (Å²) in [6, 6.07) is 73.9. The van der Waals surface area contributed by atoms with E-state index in [1.165, 1.54) is 78.0 Å². The number of hydrogen-bond acceptors (Lipinski definition) is 0. The Kier molecular flexibility index (Phi) is 16.7. The average Bonchev–Trinajstić information content (AvgIpc) is 3.70.